The van der Waals surface area contributed by atoms with Gasteiger partial charge in [-0.05, 0) is 87.8 Å². The number of nitrogens with one attached hydrogen (secondary N) is 1. The summed E-state index contributed by atoms with van der Waals surface area (Å²) in [5.74, 6) is -0.142. The van der Waals surface area contributed by atoms with E-state index in [1.807, 2.05) is 63.2 Å². The van der Waals surface area contributed by atoms with Gasteiger partial charge in [0.05, 0.1) is 41.7 Å². The SMILES string of the molecule is C[C@H]1[C@@H](CN2[C@@H](C(=O)NC(C)(C)C)CC[C@H]3CCCC[C@H]32)O[C@@H](c2cccc(N3C(=O)c4ccccc4C3=O)c2)O[C@H]1c1ccc(CO)cc1. The second-order valence-electron chi connectivity index (χ2n) is 15.5. The van der Waals surface area contributed by atoms with E-state index in [0.29, 0.717) is 40.9 Å². The van der Waals surface area contributed by atoms with Crippen LogP contribution in [0.2, 0.25) is 0 Å². The third-order valence-corrected chi connectivity index (χ3v) is 11.0. The van der Waals surface area contributed by atoms with E-state index in [1.54, 1.807) is 30.3 Å². The van der Waals surface area contributed by atoms with Crippen molar-refractivity contribution in [1.82, 2.24) is 10.2 Å². The minimum absolute atomic E-state index is 0.0458. The molecule has 3 fully saturated rings. The Labute approximate surface area is 294 Å². The second kappa shape index (κ2) is 14.0. The van der Waals surface area contributed by atoms with E-state index in [9.17, 15) is 19.5 Å². The molecule has 7 rings (SSSR count). The van der Waals surface area contributed by atoms with Crippen molar-refractivity contribution >= 4 is 23.4 Å². The highest BCUT2D eigenvalue weighted by atomic mass is 16.7. The van der Waals surface area contributed by atoms with E-state index in [4.69, 9.17) is 9.47 Å². The molecule has 3 aliphatic heterocycles. The predicted molar refractivity (Wildman–Crippen MR) is 190 cm³/mol. The molecule has 0 spiro atoms. The van der Waals surface area contributed by atoms with E-state index in [1.165, 1.54) is 17.7 Å². The first-order valence-corrected chi connectivity index (χ1v) is 18.2. The van der Waals surface area contributed by atoms with Crippen LogP contribution in [0.25, 0.3) is 0 Å². The van der Waals surface area contributed by atoms with Crippen LogP contribution in [0.15, 0.2) is 72.8 Å². The van der Waals surface area contributed by atoms with Crippen LogP contribution in [0.1, 0.15) is 116 Å². The van der Waals surface area contributed by atoms with Crippen molar-refractivity contribution in [2.24, 2.45) is 11.8 Å². The number of amides is 3. The lowest BCUT2D eigenvalue weighted by molar-refractivity contribution is -0.278. The molecular formula is C41H49N3O6. The van der Waals surface area contributed by atoms with Gasteiger partial charge in [0, 0.05) is 29.6 Å². The number of ether oxygens (including phenoxy) is 2. The van der Waals surface area contributed by atoms with Gasteiger partial charge in [0.1, 0.15) is 0 Å². The zero-order valence-corrected chi connectivity index (χ0v) is 29.5. The Morgan fingerprint density at radius 2 is 1.56 bits per heavy atom. The van der Waals surface area contributed by atoms with Crippen molar-refractivity contribution in [3.8, 4) is 0 Å². The number of carbonyl (C=O) groups is 3. The van der Waals surface area contributed by atoms with E-state index in [-0.39, 0.29) is 54.0 Å². The Morgan fingerprint density at radius 1 is 0.860 bits per heavy atom. The first-order chi connectivity index (χ1) is 24.0. The van der Waals surface area contributed by atoms with Gasteiger partial charge in [0.2, 0.25) is 5.91 Å². The quantitative estimate of drug-likeness (QED) is 0.268. The Hall–Kier alpha value is -3.89. The normalized spacial score (nSPS) is 28.7. The van der Waals surface area contributed by atoms with E-state index >= 15 is 0 Å². The third-order valence-electron chi connectivity index (χ3n) is 11.0. The summed E-state index contributed by atoms with van der Waals surface area (Å²) in [6, 6.07) is 22.1. The zero-order valence-electron chi connectivity index (χ0n) is 29.5. The van der Waals surface area contributed by atoms with Gasteiger partial charge in [-0.1, -0.05) is 68.3 Å². The molecule has 1 aliphatic carbocycles. The summed E-state index contributed by atoms with van der Waals surface area (Å²) in [6.07, 6.45) is 5.10. The molecule has 2 N–H and O–H groups in total. The molecule has 3 aromatic carbocycles. The van der Waals surface area contributed by atoms with Gasteiger partial charge >= 0.3 is 0 Å². The number of likely N-dealkylation sites (tertiary alicyclic amines) is 1. The number of piperidine rings is 1. The lowest BCUT2D eigenvalue weighted by atomic mass is 9.75. The summed E-state index contributed by atoms with van der Waals surface area (Å²) in [7, 11) is 0. The number of rotatable bonds is 7. The molecule has 4 aliphatic rings. The van der Waals surface area contributed by atoms with Gasteiger partial charge in [0.25, 0.3) is 11.8 Å². The molecule has 0 aromatic heterocycles. The molecule has 9 heteroatoms. The molecule has 0 bridgehead atoms. The first kappa shape index (κ1) is 34.6. The molecule has 3 heterocycles. The van der Waals surface area contributed by atoms with Gasteiger partial charge in [-0.25, -0.2) is 4.90 Å². The van der Waals surface area contributed by atoms with Crippen LogP contribution in [0.4, 0.5) is 5.69 Å². The number of carbonyl (C=O) groups excluding carboxylic acids is 3. The third kappa shape index (κ3) is 6.76. The summed E-state index contributed by atoms with van der Waals surface area (Å²) in [6.45, 7) is 8.76. The average molecular weight is 680 g/mol. The molecule has 0 radical (unpaired) electrons. The summed E-state index contributed by atoms with van der Waals surface area (Å²) in [4.78, 5) is 44.3. The monoisotopic (exact) mass is 679 g/mol. The topological polar surface area (TPSA) is 108 Å². The highest BCUT2D eigenvalue weighted by molar-refractivity contribution is 6.34. The molecule has 3 amide bonds. The first-order valence-electron chi connectivity index (χ1n) is 18.2. The molecule has 264 valence electrons. The number of fused-ring (bicyclic) bond motifs is 2. The second-order valence-corrected chi connectivity index (χ2v) is 15.5. The minimum Gasteiger partial charge on any atom is -0.392 e. The maximum absolute atomic E-state index is 13.9. The van der Waals surface area contributed by atoms with Gasteiger partial charge in [-0.15, -0.1) is 0 Å². The Bertz CT molecular complexity index is 1700. The highest BCUT2D eigenvalue weighted by Gasteiger charge is 2.46. The number of aliphatic hydroxyl groups excluding tert-OH is 1. The van der Waals surface area contributed by atoms with Crippen LogP contribution in [0.3, 0.4) is 0 Å². The molecule has 7 atom stereocenters. The zero-order chi connectivity index (χ0) is 35.2. The van der Waals surface area contributed by atoms with Crippen LogP contribution in [-0.4, -0.2) is 58.0 Å². The van der Waals surface area contributed by atoms with E-state index < -0.39 is 6.29 Å². The fraction of sp³-hybridized carbons (Fsp3) is 0.488. The fourth-order valence-electron chi connectivity index (χ4n) is 8.50. The number of imide groups is 1. The molecule has 1 saturated carbocycles. The number of hydrogen-bond acceptors (Lipinski definition) is 7. The molecule has 0 unspecified atom stereocenters. The summed E-state index contributed by atoms with van der Waals surface area (Å²) >= 11 is 0. The van der Waals surface area contributed by atoms with E-state index in [0.717, 1.165) is 36.8 Å². The summed E-state index contributed by atoms with van der Waals surface area (Å²) in [5.41, 5.74) is 3.39. The Kier molecular flexibility index (Phi) is 9.69. The largest absolute Gasteiger partial charge is 0.392 e. The van der Waals surface area contributed by atoms with Crippen molar-refractivity contribution in [2.45, 2.75) is 109 Å². The average Bonchev–Trinajstić information content (AvgIpc) is 3.37. The number of aliphatic hydroxyl groups is 1. The number of hydrogen-bond donors (Lipinski definition) is 2. The van der Waals surface area contributed by atoms with Gasteiger partial charge in [0.15, 0.2) is 6.29 Å². The lowest BCUT2D eigenvalue weighted by Gasteiger charge is -2.51. The van der Waals surface area contributed by atoms with Crippen LogP contribution >= 0.6 is 0 Å². The van der Waals surface area contributed by atoms with Crippen molar-refractivity contribution in [1.29, 1.82) is 0 Å². The molecular weight excluding hydrogens is 630 g/mol. The lowest BCUT2D eigenvalue weighted by Crippen LogP contribution is -2.61. The highest BCUT2D eigenvalue weighted by Crippen LogP contribution is 2.45. The van der Waals surface area contributed by atoms with Crippen molar-refractivity contribution < 1.29 is 29.0 Å². The molecule has 2 saturated heterocycles. The Morgan fingerprint density at radius 3 is 2.24 bits per heavy atom. The Balaban J connectivity index is 1.22. The smallest absolute Gasteiger partial charge is 0.266 e. The van der Waals surface area contributed by atoms with E-state index in [2.05, 4.69) is 17.1 Å². The summed E-state index contributed by atoms with van der Waals surface area (Å²) < 4.78 is 13.7. The molecule has 3 aromatic rings. The molecule has 50 heavy (non-hydrogen) atoms. The van der Waals surface area contributed by atoms with Crippen LogP contribution in [0, 0.1) is 11.8 Å². The predicted octanol–water partition coefficient (Wildman–Crippen LogP) is 6.71. The van der Waals surface area contributed by atoms with Crippen molar-refractivity contribution in [3.63, 3.8) is 0 Å². The van der Waals surface area contributed by atoms with Gasteiger partial charge in [-0.3, -0.25) is 19.3 Å². The number of nitrogens with zero attached hydrogens (tertiary/aromatic N) is 2. The van der Waals surface area contributed by atoms with Gasteiger partial charge in [-0.2, -0.15) is 0 Å². The van der Waals surface area contributed by atoms with Crippen LogP contribution in [-0.2, 0) is 20.9 Å². The summed E-state index contributed by atoms with van der Waals surface area (Å²) in [5, 5.41) is 13.0. The number of benzene rings is 3. The fourth-order valence-corrected chi connectivity index (χ4v) is 8.50. The standard InChI is InChI=1S/C41H49N3O6/c1-25-35(23-43-33-15-8-5-10-27(33)20-21-34(43)37(46)42-41(2,3)4)49-40(50-36(25)28-18-16-26(24-45)17-19-28)29-11-9-12-30(22-29)44-38(47)31-13-6-7-14-32(31)39(44)48/h6-7,9,11-14,16-19,22,25,27,33-36,40,45H,5,8,10,15,20-21,23-24H2,1-4H3,(H,42,46)/t25-,27+,33+,34+,35+,36+,40+/m0/s1. The molecule has 9 nitrogen and oxygen atoms in total. The van der Waals surface area contributed by atoms with Crippen molar-refractivity contribution in [3.05, 3.63) is 101 Å². The number of anilines is 1. The van der Waals surface area contributed by atoms with Gasteiger partial charge < -0.3 is 19.9 Å². The maximum atomic E-state index is 13.9. The van der Waals surface area contributed by atoms with Crippen LogP contribution in [0.5, 0.6) is 0 Å². The van der Waals surface area contributed by atoms with Crippen LogP contribution < -0.4 is 10.2 Å². The minimum atomic E-state index is -0.789. The maximum Gasteiger partial charge on any atom is 0.266 e. The van der Waals surface area contributed by atoms with Crippen molar-refractivity contribution in [2.75, 3.05) is 11.4 Å².